The van der Waals surface area contributed by atoms with Crippen LogP contribution in [0.3, 0.4) is 0 Å². The second kappa shape index (κ2) is 7.25. The van der Waals surface area contributed by atoms with Gasteiger partial charge in [0.1, 0.15) is 17.9 Å². The fourth-order valence-corrected chi connectivity index (χ4v) is 5.52. The molecule has 2 aromatic rings. The van der Waals surface area contributed by atoms with E-state index in [1.165, 1.54) is 0 Å². The van der Waals surface area contributed by atoms with Gasteiger partial charge in [0.15, 0.2) is 6.04 Å². The number of fused-ring (bicyclic) bond motifs is 3. The van der Waals surface area contributed by atoms with Gasteiger partial charge in [-0.05, 0) is 64.7 Å². The Morgan fingerprint density at radius 3 is 2.76 bits per heavy atom. The molecule has 174 valence electrons. The quantitative estimate of drug-likeness (QED) is 0.662. The Bertz CT molecular complexity index is 1140. The molecule has 0 N–H and O–H groups in total. The fourth-order valence-electron chi connectivity index (χ4n) is 5.35. The molecule has 4 aliphatic rings. The minimum atomic E-state index is -0.751. The standard InChI is InChI=1S/C23H26ClN5O4/c1-22(2)9-7-16(32-22)19-26-20(33-27-19)17-18-21(30)29(23(3)8-4-10-31-23)15-11-13(24)5-6-14(15)28(18)12-25-17/h5-6,11-12,16-18H,4,7-10H2,1-3H3. The molecule has 1 aromatic carbocycles. The number of carbonyl (C=O) groups excluding carboxylic acids is 1. The van der Waals surface area contributed by atoms with Gasteiger partial charge in [0, 0.05) is 11.6 Å². The average molecular weight is 472 g/mol. The van der Waals surface area contributed by atoms with Crippen LogP contribution < -0.4 is 9.80 Å². The maximum atomic E-state index is 14.0. The molecule has 0 spiro atoms. The monoisotopic (exact) mass is 471 g/mol. The normalized spacial score (nSPS) is 32.5. The third-order valence-electron chi connectivity index (χ3n) is 7.02. The summed E-state index contributed by atoms with van der Waals surface area (Å²) in [6, 6.07) is 4.26. The smallest absolute Gasteiger partial charge is 0.255 e. The van der Waals surface area contributed by atoms with Crippen molar-refractivity contribution in [2.75, 3.05) is 16.4 Å². The predicted octanol–water partition coefficient (Wildman–Crippen LogP) is 4.18. The highest BCUT2D eigenvalue weighted by atomic mass is 35.5. The molecule has 4 unspecified atom stereocenters. The third kappa shape index (κ3) is 3.28. The van der Waals surface area contributed by atoms with Crippen molar-refractivity contribution in [1.82, 2.24) is 10.1 Å². The van der Waals surface area contributed by atoms with Crippen molar-refractivity contribution < 1.29 is 18.8 Å². The van der Waals surface area contributed by atoms with Gasteiger partial charge >= 0.3 is 0 Å². The minimum absolute atomic E-state index is 0.130. The van der Waals surface area contributed by atoms with E-state index < -0.39 is 17.8 Å². The van der Waals surface area contributed by atoms with Crippen molar-refractivity contribution in [3.05, 3.63) is 34.9 Å². The lowest BCUT2D eigenvalue weighted by atomic mass is 9.97. The van der Waals surface area contributed by atoms with Crippen LogP contribution in [0.15, 0.2) is 27.7 Å². The lowest BCUT2D eigenvalue weighted by molar-refractivity contribution is -0.125. The first-order valence-corrected chi connectivity index (χ1v) is 11.7. The molecule has 1 aromatic heterocycles. The Balaban J connectivity index is 1.37. The van der Waals surface area contributed by atoms with Gasteiger partial charge in [0.2, 0.25) is 5.82 Å². The van der Waals surface area contributed by atoms with Crippen LogP contribution >= 0.6 is 11.6 Å². The third-order valence-corrected chi connectivity index (χ3v) is 7.25. The van der Waals surface area contributed by atoms with Crippen LogP contribution in [-0.2, 0) is 14.3 Å². The van der Waals surface area contributed by atoms with Crippen molar-refractivity contribution in [1.29, 1.82) is 0 Å². The largest absolute Gasteiger partial charge is 0.364 e. The van der Waals surface area contributed by atoms with Gasteiger partial charge in [-0.25, -0.2) is 0 Å². The summed E-state index contributed by atoms with van der Waals surface area (Å²) in [5.41, 5.74) is 0.592. The molecule has 0 saturated carbocycles. The number of ether oxygens (including phenoxy) is 2. The molecule has 33 heavy (non-hydrogen) atoms. The van der Waals surface area contributed by atoms with E-state index in [4.69, 9.17) is 25.6 Å². The summed E-state index contributed by atoms with van der Waals surface area (Å²) < 4.78 is 17.7. The number of nitrogens with zero attached hydrogens (tertiary/aromatic N) is 5. The van der Waals surface area contributed by atoms with Gasteiger partial charge in [0.25, 0.3) is 11.8 Å². The number of anilines is 2. The first-order valence-electron chi connectivity index (χ1n) is 11.4. The highest BCUT2D eigenvalue weighted by Crippen LogP contribution is 2.48. The minimum Gasteiger partial charge on any atom is -0.364 e. The topological polar surface area (TPSA) is 93.3 Å². The maximum absolute atomic E-state index is 14.0. The Morgan fingerprint density at radius 1 is 1.18 bits per heavy atom. The number of benzene rings is 1. The summed E-state index contributed by atoms with van der Waals surface area (Å²) in [4.78, 5) is 26.8. The second-order valence-electron chi connectivity index (χ2n) is 9.89. The molecule has 1 amide bonds. The summed E-state index contributed by atoms with van der Waals surface area (Å²) in [5.74, 6) is 0.683. The molecular formula is C23H26ClN5O4. The molecule has 0 aliphatic carbocycles. The number of hydrogen-bond acceptors (Lipinski definition) is 8. The van der Waals surface area contributed by atoms with Gasteiger partial charge in [0.05, 0.1) is 23.3 Å². The maximum Gasteiger partial charge on any atom is 0.255 e. The SMILES string of the molecule is CC1(C)CCC(c2noc(C3N=CN4c5ccc(Cl)cc5N(C5(C)CCCO5)C(=O)C34)n2)O1. The van der Waals surface area contributed by atoms with E-state index >= 15 is 0 Å². The summed E-state index contributed by atoms with van der Waals surface area (Å²) in [7, 11) is 0. The van der Waals surface area contributed by atoms with Gasteiger partial charge in [-0.2, -0.15) is 4.98 Å². The Hall–Kier alpha value is -2.49. The van der Waals surface area contributed by atoms with Crippen LogP contribution in [0.4, 0.5) is 11.4 Å². The zero-order valence-corrected chi connectivity index (χ0v) is 19.6. The number of halogens is 1. The number of hydrogen-bond donors (Lipinski definition) is 0. The number of rotatable bonds is 3. The molecule has 2 saturated heterocycles. The predicted molar refractivity (Wildman–Crippen MR) is 121 cm³/mol. The van der Waals surface area contributed by atoms with Crippen molar-refractivity contribution in [3.8, 4) is 0 Å². The summed E-state index contributed by atoms with van der Waals surface area (Å²) >= 11 is 6.32. The van der Waals surface area contributed by atoms with E-state index in [0.29, 0.717) is 29.0 Å². The van der Waals surface area contributed by atoms with Crippen LogP contribution in [0.1, 0.15) is 70.3 Å². The van der Waals surface area contributed by atoms with Crippen molar-refractivity contribution in [2.45, 2.75) is 76.0 Å². The van der Waals surface area contributed by atoms with Crippen LogP contribution in [0.5, 0.6) is 0 Å². The second-order valence-corrected chi connectivity index (χ2v) is 10.3. The van der Waals surface area contributed by atoms with E-state index in [9.17, 15) is 4.79 Å². The summed E-state index contributed by atoms with van der Waals surface area (Å²) in [5, 5.41) is 4.72. The van der Waals surface area contributed by atoms with E-state index in [1.54, 1.807) is 11.2 Å². The molecule has 5 heterocycles. The average Bonchev–Trinajstić information content (AvgIpc) is 3.53. The first-order chi connectivity index (χ1) is 15.8. The highest BCUT2D eigenvalue weighted by Gasteiger charge is 2.53. The highest BCUT2D eigenvalue weighted by molar-refractivity contribution is 6.31. The molecule has 2 fully saturated rings. The molecule has 6 rings (SSSR count). The van der Waals surface area contributed by atoms with Gasteiger partial charge in [-0.3, -0.25) is 14.7 Å². The molecule has 9 nitrogen and oxygen atoms in total. The van der Waals surface area contributed by atoms with Crippen LogP contribution in [0, 0.1) is 0 Å². The number of aromatic nitrogens is 2. The molecular weight excluding hydrogens is 446 g/mol. The van der Waals surface area contributed by atoms with Crippen LogP contribution in [0.25, 0.3) is 0 Å². The van der Waals surface area contributed by atoms with Crippen molar-refractivity contribution in [2.24, 2.45) is 4.99 Å². The van der Waals surface area contributed by atoms with E-state index in [-0.39, 0.29) is 17.6 Å². The molecule has 10 heteroatoms. The lowest BCUT2D eigenvalue weighted by Gasteiger charge is -2.45. The fraction of sp³-hybridized carbons (Fsp3) is 0.565. The van der Waals surface area contributed by atoms with E-state index in [1.807, 2.05) is 30.0 Å². The van der Waals surface area contributed by atoms with Crippen molar-refractivity contribution >= 4 is 35.2 Å². The summed E-state index contributed by atoms with van der Waals surface area (Å²) in [6.07, 6.45) is 4.83. The molecule has 0 bridgehead atoms. The first kappa shape index (κ1) is 21.1. The Morgan fingerprint density at radius 2 is 2.03 bits per heavy atom. The number of amides is 1. The number of aliphatic imine (C=N–C) groups is 1. The van der Waals surface area contributed by atoms with Crippen molar-refractivity contribution in [3.63, 3.8) is 0 Å². The van der Waals surface area contributed by atoms with Gasteiger partial charge in [-0.1, -0.05) is 16.8 Å². The zero-order chi connectivity index (χ0) is 23.0. The summed E-state index contributed by atoms with van der Waals surface area (Å²) in [6.45, 7) is 6.66. The van der Waals surface area contributed by atoms with Gasteiger partial charge in [-0.15, -0.1) is 0 Å². The zero-order valence-electron chi connectivity index (χ0n) is 18.8. The lowest BCUT2D eigenvalue weighted by Crippen LogP contribution is -2.60. The molecule has 4 aliphatic heterocycles. The Labute approximate surface area is 196 Å². The molecule has 0 radical (unpaired) electrons. The molecule has 4 atom stereocenters. The van der Waals surface area contributed by atoms with E-state index in [2.05, 4.69) is 29.0 Å². The van der Waals surface area contributed by atoms with E-state index in [0.717, 1.165) is 31.4 Å². The Kier molecular flexibility index (Phi) is 4.63. The number of carbonyl (C=O) groups is 1. The van der Waals surface area contributed by atoms with Gasteiger partial charge < -0.3 is 18.9 Å². The van der Waals surface area contributed by atoms with Crippen LogP contribution in [0.2, 0.25) is 5.02 Å². The van der Waals surface area contributed by atoms with Crippen LogP contribution in [-0.4, -0.2) is 46.4 Å².